The first-order valence-corrected chi connectivity index (χ1v) is 13.4. The van der Waals surface area contributed by atoms with Gasteiger partial charge >= 0.3 is 0 Å². The Balaban J connectivity index is 1.73. The van der Waals surface area contributed by atoms with Crippen LogP contribution in [0.25, 0.3) is 0 Å². The highest BCUT2D eigenvalue weighted by Crippen LogP contribution is 2.68. The van der Waals surface area contributed by atoms with Gasteiger partial charge in [-0.15, -0.1) is 6.58 Å². The molecule has 3 aliphatic rings. The molecule has 3 saturated carbocycles. The van der Waals surface area contributed by atoms with E-state index in [9.17, 15) is 18.6 Å². The highest BCUT2D eigenvalue weighted by molar-refractivity contribution is 7.86. The second-order valence-corrected chi connectivity index (χ2v) is 12.5. The van der Waals surface area contributed by atoms with E-state index in [0.717, 1.165) is 31.2 Å². The molecule has 0 heterocycles. The van der Waals surface area contributed by atoms with Gasteiger partial charge in [0, 0.05) is 5.92 Å². The summed E-state index contributed by atoms with van der Waals surface area (Å²) in [5.41, 5.74) is 0.450. The second-order valence-electron chi connectivity index (χ2n) is 11.0. The van der Waals surface area contributed by atoms with E-state index in [0.29, 0.717) is 12.3 Å². The third-order valence-corrected chi connectivity index (χ3v) is 10.9. The monoisotopic (exact) mass is 462 g/mol. The van der Waals surface area contributed by atoms with Crippen molar-refractivity contribution >= 4 is 10.1 Å². The Morgan fingerprint density at radius 2 is 1.75 bits per heavy atom. The smallest absolute Gasteiger partial charge is 0.297 e. The highest BCUT2D eigenvalue weighted by atomic mass is 32.2. The molecule has 0 radical (unpaired) electrons. The van der Waals surface area contributed by atoms with Crippen molar-refractivity contribution in [1.82, 2.24) is 0 Å². The Bertz CT molecular complexity index is 957. The maximum Gasteiger partial charge on any atom is 0.297 e. The molecule has 0 spiro atoms. The summed E-state index contributed by atoms with van der Waals surface area (Å²) in [6.07, 6.45) is 3.59. The van der Waals surface area contributed by atoms with E-state index in [2.05, 4.69) is 27.4 Å². The van der Waals surface area contributed by atoms with Crippen molar-refractivity contribution in [3.63, 3.8) is 0 Å². The maximum absolute atomic E-state index is 13.1. The van der Waals surface area contributed by atoms with E-state index < -0.39 is 28.4 Å². The summed E-state index contributed by atoms with van der Waals surface area (Å²) in [5, 5.41) is 22.8. The minimum absolute atomic E-state index is 0.000789. The molecule has 6 heteroatoms. The Labute approximate surface area is 193 Å². The maximum atomic E-state index is 13.1. The minimum Gasteiger partial charge on any atom is -0.392 e. The topological polar surface area (TPSA) is 83.8 Å². The molecule has 0 aromatic heterocycles. The van der Waals surface area contributed by atoms with Crippen LogP contribution in [0.5, 0.6) is 0 Å². The largest absolute Gasteiger partial charge is 0.392 e. The quantitative estimate of drug-likeness (QED) is 0.510. The number of aliphatic hydroxyl groups is 2. The van der Waals surface area contributed by atoms with Crippen LogP contribution >= 0.6 is 0 Å². The lowest BCUT2D eigenvalue weighted by molar-refractivity contribution is -0.152. The Hall–Kier alpha value is -1.21. The molecule has 2 bridgehead atoms. The predicted octanol–water partition coefficient (Wildman–Crippen LogP) is 4.47. The molecule has 4 unspecified atom stereocenters. The summed E-state index contributed by atoms with van der Waals surface area (Å²) in [4.78, 5) is 0.111. The van der Waals surface area contributed by atoms with Crippen LogP contribution in [0.15, 0.2) is 41.8 Å². The molecule has 1 aromatic rings. The first-order valence-electron chi connectivity index (χ1n) is 11.9. The zero-order valence-corrected chi connectivity index (χ0v) is 20.5. The number of hydrogen-bond donors (Lipinski definition) is 2. The van der Waals surface area contributed by atoms with Crippen LogP contribution in [0.2, 0.25) is 0 Å². The van der Waals surface area contributed by atoms with Crippen LogP contribution in [0.3, 0.4) is 0 Å². The molecule has 3 fully saturated rings. The molecule has 0 amide bonds. The van der Waals surface area contributed by atoms with Gasteiger partial charge in [-0.3, -0.25) is 4.18 Å². The molecule has 0 aliphatic heterocycles. The molecule has 3 aliphatic carbocycles. The first kappa shape index (κ1) is 23.9. The third-order valence-electron chi connectivity index (χ3n) is 9.54. The van der Waals surface area contributed by atoms with Gasteiger partial charge in [0.25, 0.3) is 10.1 Å². The fourth-order valence-electron chi connectivity index (χ4n) is 7.33. The van der Waals surface area contributed by atoms with Gasteiger partial charge in [0.1, 0.15) is 6.10 Å². The Morgan fingerprint density at radius 3 is 2.38 bits per heavy atom. The van der Waals surface area contributed by atoms with Crippen LogP contribution in [-0.4, -0.2) is 36.9 Å². The van der Waals surface area contributed by atoms with Crippen LogP contribution in [0.4, 0.5) is 0 Å². The minimum atomic E-state index is -4.00. The predicted molar refractivity (Wildman–Crippen MR) is 124 cm³/mol. The van der Waals surface area contributed by atoms with Gasteiger partial charge in [-0.1, -0.05) is 44.5 Å². The summed E-state index contributed by atoms with van der Waals surface area (Å²) in [7, 11) is -4.00. The average Bonchev–Trinajstić information content (AvgIpc) is 3.03. The van der Waals surface area contributed by atoms with Crippen molar-refractivity contribution in [1.29, 1.82) is 0 Å². The summed E-state index contributed by atoms with van der Waals surface area (Å²) in [6.45, 7) is 12.4. The van der Waals surface area contributed by atoms with E-state index in [1.165, 1.54) is 0 Å². The van der Waals surface area contributed by atoms with Gasteiger partial charge in [0.15, 0.2) is 0 Å². The fourth-order valence-corrected chi connectivity index (χ4v) is 8.42. The molecule has 178 valence electrons. The van der Waals surface area contributed by atoms with Crippen LogP contribution in [0.1, 0.15) is 58.4 Å². The number of aryl methyl sites for hydroxylation is 1. The van der Waals surface area contributed by atoms with E-state index in [1.54, 1.807) is 24.3 Å². The molecule has 2 N–H and O–H groups in total. The van der Waals surface area contributed by atoms with Crippen molar-refractivity contribution in [2.24, 2.45) is 34.5 Å². The fraction of sp³-hybridized carbons (Fsp3) is 0.692. The molecule has 5 nitrogen and oxygen atoms in total. The molecule has 1 aromatic carbocycles. The van der Waals surface area contributed by atoms with Crippen molar-refractivity contribution in [3.05, 3.63) is 42.5 Å². The lowest BCUT2D eigenvalue weighted by atomic mass is 9.46. The Morgan fingerprint density at radius 1 is 1.09 bits per heavy atom. The normalized spacial score (nSPS) is 44.4. The second kappa shape index (κ2) is 8.23. The third kappa shape index (κ3) is 3.58. The number of rotatable bonds is 4. The number of aliphatic hydroxyl groups excluding tert-OH is 2. The van der Waals surface area contributed by atoms with E-state index >= 15 is 0 Å². The SMILES string of the molecule is C=C[C@@H]1CC[C@]2(C)C(C)CC[C@]3(CC(OS(=O)(=O)c4ccc(C)cc4)C(O)C23)[C@@H](C)[C@@H]1O. The molecule has 32 heavy (non-hydrogen) atoms. The molecule has 9 atom stereocenters. The standard InChI is InChI=1S/C26H38O5S/c1-6-19-12-13-25(5)17(3)11-14-26(18(4)22(19)27)15-21(23(28)24(25)26)31-32(29,30)20-9-7-16(2)8-10-20/h6-10,17-19,21-24,27-28H,1,11-15H2,2-5H3/t17?,18-,19+,21?,22-,23?,24?,25+,26-/m0/s1. The van der Waals surface area contributed by atoms with E-state index in [1.807, 2.05) is 13.0 Å². The van der Waals surface area contributed by atoms with Crippen molar-refractivity contribution in [2.45, 2.75) is 83.0 Å². The molecule has 4 rings (SSSR count). The lowest BCUT2D eigenvalue weighted by Crippen LogP contribution is -2.56. The van der Waals surface area contributed by atoms with Gasteiger partial charge in [-0.2, -0.15) is 8.42 Å². The first-order chi connectivity index (χ1) is 15.0. The highest BCUT2D eigenvalue weighted by Gasteiger charge is 2.66. The van der Waals surface area contributed by atoms with E-state index in [-0.39, 0.29) is 33.5 Å². The summed E-state index contributed by atoms with van der Waals surface area (Å²) in [6, 6.07) is 6.60. The van der Waals surface area contributed by atoms with Gasteiger partial charge in [0.05, 0.1) is 17.1 Å². The van der Waals surface area contributed by atoms with Gasteiger partial charge in [-0.05, 0) is 79.7 Å². The number of hydrogen-bond acceptors (Lipinski definition) is 5. The van der Waals surface area contributed by atoms with Crippen molar-refractivity contribution in [2.75, 3.05) is 0 Å². The number of benzene rings is 1. The van der Waals surface area contributed by atoms with E-state index in [4.69, 9.17) is 4.18 Å². The average molecular weight is 463 g/mol. The van der Waals surface area contributed by atoms with Crippen LogP contribution in [-0.2, 0) is 14.3 Å². The van der Waals surface area contributed by atoms with Crippen LogP contribution in [0, 0.1) is 41.4 Å². The van der Waals surface area contributed by atoms with Crippen molar-refractivity contribution < 1.29 is 22.8 Å². The van der Waals surface area contributed by atoms with Crippen molar-refractivity contribution in [3.8, 4) is 0 Å². The lowest BCUT2D eigenvalue weighted by Gasteiger charge is -2.59. The van der Waals surface area contributed by atoms with Gasteiger partial charge in [0.2, 0.25) is 0 Å². The van der Waals surface area contributed by atoms with Crippen LogP contribution < -0.4 is 0 Å². The molecular weight excluding hydrogens is 424 g/mol. The summed E-state index contributed by atoms with van der Waals surface area (Å²) < 4.78 is 31.9. The van der Waals surface area contributed by atoms with Gasteiger partial charge < -0.3 is 10.2 Å². The molecule has 0 saturated heterocycles. The zero-order valence-electron chi connectivity index (χ0n) is 19.7. The summed E-state index contributed by atoms with van der Waals surface area (Å²) >= 11 is 0. The van der Waals surface area contributed by atoms with Gasteiger partial charge in [-0.25, -0.2) is 0 Å². The molecular formula is C26H38O5S. The summed E-state index contributed by atoms with van der Waals surface area (Å²) in [5.74, 6) is 0.192. The zero-order chi connectivity index (χ0) is 23.5. The Kier molecular flexibility index (Phi) is 6.15.